The zero-order valence-electron chi connectivity index (χ0n) is 10.3. The predicted octanol–water partition coefficient (Wildman–Crippen LogP) is 2.99. The normalized spacial score (nSPS) is 11.1. The number of benzene rings is 1. The van der Waals surface area contributed by atoms with Gasteiger partial charge in [-0.05, 0) is 26.0 Å². The van der Waals surface area contributed by atoms with E-state index in [9.17, 15) is 9.18 Å². The largest absolute Gasteiger partial charge is 0.496 e. The Hall–Kier alpha value is -1.58. The molecule has 1 aromatic rings. The number of hydrogen-bond donors (Lipinski definition) is 0. The first kappa shape index (κ1) is 13.5. The van der Waals surface area contributed by atoms with E-state index in [-0.39, 0.29) is 13.0 Å². The first-order chi connectivity index (χ1) is 7.94. The third kappa shape index (κ3) is 4.43. The molecule has 1 rings (SSSR count). The van der Waals surface area contributed by atoms with Crippen LogP contribution in [-0.2, 0) is 4.74 Å². The minimum Gasteiger partial charge on any atom is -0.496 e. The number of esters is 1. The van der Waals surface area contributed by atoms with Crippen LogP contribution in [0.2, 0.25) is 0 Å². The summed E-state index contributed by atoms with van der Waals surface area (Å²) in [5.74, 6) is -0.0382. The fourth-order valence-corrected chi connectivity index (χ4v) is 1.28. The van der Waals surface area contributed by atoms with Crippen LogP contribution in [0.4, 0.5) is 4.39 Å². The molecule has 0 aromatic heterocycles. The van der Waals surface area contributed by atoms with Gasteiger partial charge < -0.3 is 9.47 Å². The Morgan fingerprint density at radius 3 is 2.59 bits per heavy atom. The Kier molecular flexibility index (Phi) is 4.49. The first-order valence-electron chi connectivity index (χ1n) is 5.43. The highest BCUT2D eigenvalue weighted by atomic mass is 19.1. The second kappa shape index (κ2) is 5.66. The summed E-state index contributed by atoms with van der Waals surface area (Å²) >= 11 is 0. The molecule has 0 saturated heterocycles. The Labute approximate surface area is 101 Å². The van der Waals surface area contributed by atoms with Crippen LogP contribution in [0.25, 0.3) is 0 Å². The van der Waals surface area contributed by atoms with Crippen molar-refractivity contribution in [2.45, 2.75) is 25.9 Å². The van der Waals surface area contributed by atoms with Gasteiger partial charge in [0.1, 0.15) is 17.0 Å². The standard InChI is InChI=1S/C13H17FO3/c1-13(2,14)8-9-17-12(15)10-6-4-5-7-11(10)16-3/h4-7H,8-9H2,1-3H3. The summed E-state index contributed by atoms with van der Waals surface area (Å²) in [6.45, 7) is 2.95. The number of alkyl halides is 1. The van der Waals surface area contributed by atoms with Crippen LogP contribution in [0.5, 0.6) is 5.75 Å². The molecule has 0 bridgehead atoms. The molecule has 0 fully saturated rings. The average molecular weight is 240 g/mol. The Bertz CT molecular complexity index is 382. The molecule has 0 saturated carbocycles. The van der Waals surface area contributed by atoms with E-state index in [1.54, 1.807) is 24.3 Å². The number of halogens is 1. The fraction of sp³-hybridized carbons (Fsp3) is 0.462. The predicted molar refractivity (Wildman–Crippen MR) is 63.1 cm³/mol. The van der Waals surface area contributed by atoms with Gasteiger partial charge in [-0.3, -0.25) is 0 Å². The molecule has 0 unspecified atom stereocenters. The van der Waals surface area contributed by atoms with E-state index < -0.39 is 11.6 Å². The highest BCUT2D eigenvalue weighted by molar-refractivity contribution is 5.92. The number of carbonyl (C=O) groups excluding carboxylic acids is 1. The van der Waals surface area contributed by atoms with Crippen LogP contribution in [0.3, 0.4) is 0 Å². The number of ether oxygens (including phenoxy) is 2. The van der Waals surface area contributed by atoms with Crippen LogP contribution < -0.4 is 4.74 Å². The number of rotatable bonds is 5. The zero-order chi connectivity index (χ0) is 12.9. The lowest BCUT2D eigenvalue weighted by atomic mass is 10.1. The fourth-order valence-electron chi connectivity index (χ4n) is 1.28. The van der Waals surface area contributed by atoms with Crippen molar-refractivity contribution in [3.05, 3.63) is 29.8 Å². The van der Waals surface area contributed by atoms with Gasteiger partial charge in [0, 0.05) is 6.42 Å². The molecule has 94 valence electrons. The minimum absolute atomic E-state index is 0.0559. The van der Waals surface area contributed by atoms with Crippen molar-refractivity contribution in [3.8, 4) is 5.75 Å². The van der Waals surface area contributed by atoms with Gasteiger partial charge in [-0.1, -0.05) is 12.1 Å². The average Bonchev–Trinajstić information content (AvgIpc) is 2.27. The van der Waals surface area contributed by atoms with E-state index in [0.29, 0.717) is 11.3 Å². The molecule has 0 amide bonds. The minimum atomic E-state index is -1.33. The lowest BCUT2D eigenvalue weighted by molar-refractivity contribution is 0.0429. The lowest BCUT2D eigenvalue weighted by Gasteiger charge is -2.14. The molecule has 17 heavy (non-hydrogen) atoms. The molecular formula is C13H17FO3. The van der Waals surface area contributed by atoms with E-state index in [4.69, 9.17) is 9.47 Å². The van der Waals surface area contributed by atoms with Gasteiger partial charge in [-0.15, -0.1) is 0 Å². The number of methoxy groups -OCH3 is 1. The Balaban J connectivity index is 2.58. The molecular weight excluding hydrogens is 223 g/mol. The zero-order valence-corrected chi connectivity index (χ0v) is 10.3. The van der Waals surface area contributed by atoms with Gasteiger partial charge in [-0.25, -0.2) is 9.18 Å². The third-order valence-corrected chi connectivity index (χ3v) is 2.26. The van der Waals surface area contributed by atoms with Crippen LogP contribution >= 0.6 is 0 Å². The molecule has 4 heteroatoms. The summed E-state index contributed by atoms with van der Waals surface area (Å²) in [6, 6.07) is 6.77. The van der Waals surface area contributed by atoms with Gasteiger partial charge in [0.25, 0.3) is 0 Å². The summed E-state index contributed by atoms with van der Waals surface area (Å²) in [5, 5.41) is 0. The van der Waals surface area contributed by atoms with Crippen molar-refractivity contribution in [2.75, 3.05) is 13.7 Å². The highest BCUT2D eigenvalue weighted by Gasteiger charge is 2.18. The molecule has 0 aliphatic carbocycles. The Morgan fingerprint density at radius 1 is 1.35 bits per heavy atom. The second-order valence-electron chi connectivity index (χ2n) is 4.30. The van der Waals surface area contributed by atoms with Crippen molar-refractivity contribution < 1.29 is 18.7 Å². The summed E-state index contributed by atoms with van der Waals surface area (Å²) in [4.78, 5) is 11.7. The molecule has 0 aliphatic rings. The number of carbonyl (C=O) groups is 1. The molecule has 1 aromatic carbocycles. The maximum Gasteiger partial charge on any atom is 0.341 e. The number of hydrogen-bond acceptors (Lipinski definition) is 3. The van der Waals surface area contributed by atoms with E-state index in [0.717, 1.165) is 0 Å². The molecule has 0 N–H and O–H groups in total. The quantitative estimate of drug-likeness (QED) is 0.742. The van der Waals surface area contributed by atoms with E-state index >= 15 is 0 Å². The smallest absolute Gasteiger partial charge is 0.341 e. The van der Waals surface area contributed by atoms with Crippen molar-refractivity contribution in [1.29, 1.82) is 0 Å². The van der Waals surface area contributed by atoms with E-state index in [2.05, 4.69) is 0 Å². The summed E-state index contributed by atoms with van der Waals surface area (Å²) < 4.78 is 23.2. The topological polar surface area (TPSA) is 35.5 Å². The van der Waals surface area contributed by atoms with Gasteiger partial charge in [-0.2, -0.15) is 0 Å². The summed E-state index contributed by atoms with van der Waals surface area (Å²) in [7, 11) is 1.48. The van der Waals surface area contributed by atoms with Crippen LogP contribution in [-0.4, -0.2) is 25.4 Å². The summed E-state index contributed by atoms with van der Waals surface area (Å²) in [6.07, 6.45) is 0.174. The maximum absolute atomic E-state index is 13.2. The highest BCUT2D eigenvalue weighted by Crippen LogP contribution is 2.19. The SMILES string of the molecule is COc1ccccc1C(=O)OCCC(C)(C)F. The third-order valence-electron chi connectivity index (χ3n) is 2.26. The van der Waals surface area contributed by atoms with Crippen molar-refractivity contribution >= 4 is 5.97 Å². The van der Waals surface area contributed by atoms with Crippen molar-refractivity contribution in [3.63, 3.8) is 0 Å². The van der Waals surface area contributed by atoms with Gasteiger partial charge in [0.2, 0.25) is 0 Å². The molecule has 0 aliphatic heterocycles. The molecule has 3 nitrogen and oxygen atoms in total. The maximum atomic E-state index is 13.2. The van der Waals surface area contributed by atoms with E-state index in [1.807, 2.05) is 0 Å². The number of para-hydroxylation sites is 1. The van der Waals surface area contributed by atoms with Crippen molar-refractivity contribution in [2.24, 2.45) is 0 Å². The van der Waals surface area contributed by atoms with E-state index in [1.165, 1.54) is 21.0 Å². The second-order valence-corrected chi connectivity index (χ2v) is 4.30. The first-order valence-corrected chi connectivity index (χ1v) is 5.43. The van der Waals surface area contributed by atoms with Crippen LogP contribution in [0.1, 0.15) is 30.6 Å². The van der Waals surface area contributed by atoms with Gasteiger partial charge >= 0.3 is 5.97 Å². The Morgan fingerprint density at radius 2 is 2.00 bits per heavy atom. The lowest BCUT2D eigenvalue weighted by Crippen LogP contribution is -2.17. The molecule has 0 radical (unpaired) electrons. The van der Waals surface area contributed by atoms with Crippen LogP contribution in [0.15, 0.2) is 24.3 Å². The van der Waals surface area contributed by atoms with Gasteiger partial charge in [0.15, 0.2) is 0 Å². The molecule has 0 heterocycles. The van der Waals surface area contributed by atoms with Crippen LogP contribution in [0, 0.1) is 0 Å². The molecule has 0 atom stereocenters. The van der Waals surface area contributed by atoms with Crippen molar-refractivity contribution in [1.82, 2.24) is 0 Å². The van der Waals surface area contributed by atoms with Gasteiger partial charge in [0.05, 0.1) is 13.7 Å². The monoisotopic (exact) mass is 240 g/mol. The molecule has 0 spiro atoms. The summed E-state index contributed by atoms with van der Waals surface area (Å²) in [5.41, 5.74) is -0.979.